The van der Waals surface area contributed by atoms with Crippen LogP contribution in [0, 0.1) is 5.92 Å². The van der Waals surface area contributed by atoms with E-state index in [4.69, 9.17) is 4.18 Å². The van der Waals surface area contributed by atoms with Gasteiger partial charge in [-0.1, -0.05) is 6.92 Å². The van der Waals surface area contributed by atoms with E-state index in [2.05, 4.69) is 25.2 Å². The zero-order valence-corrected chi connectivity index (χ0v) is 15.4. The highest BCUT2D eigenvalue weighted by Gasteiger charge is 2.50. The molecule has 4 rings (SSSR count). The molecule has 1 aromatic heterocycles. The standard InChI is InChI=1S/C15H21N5O6S/c1-7-11-6-16-14-17-8(2-9-4-13(21)19-15(22)18-9)3-10(20(11)14)5-12(7)26-27(23,24)25/h4,7-8,10-12H,2-3,5-6H2,1H3,(H4,16,17,18,19,21,22,23,24,25)/i8+1,9+1,10+1,12+1,13+1,21+2,26+2. The number of hydrogen-bond acceptors (Lipinski definition) is 8. The summed E-state index contributed by atoms with van der Waals surface area (Å²) in [6.45, 7) is 2.50. The molecule has 11 nitrogen and oxygen atoms in total. The Balaban J connectivity index is 1.57. The van der Waals surface area contributed by atoms with Gasteiger partial charge in [0.2, 0.25) is 10.4 Å². The second kappa shape index (κ2) is 6.46. The Hall–Kier alpha value is -2.18. The summed E-state index contributed by atoms with van der Waals surface area (Å²) in [5.74, 6) is 0.723. The molecule has 0 aliphatic carbocycles. The molecule has 4 N–H and O–H groups in total. The highest BCUT2D eigenvalue weighted by atomic mass is 32.3. The number of aromatic amines is 2. The lowest BCUT2D eigenvalue weighted by Gasteiger charge is -2.41. The third kappa shape index (κ3) is 3.64. The molecule has 148 valence electrons. The van der Waals surface area contributed by atoms with Crippen LogP contribution in [0.5, 0.6) is 0 Å². The zero-order valence-electron chi connectivity index (χ0n) is 14.6. The molecule has 1 saturated heterocycles. The Bertz CT molecular complexity index is 970. The van der Waals surface area contributed by atoms with Gasteiger partial charge in [-0.25, -0.2) is 13.2 Å². The van der Waals surface area contributed by atoms with Crippen molar-refractivity contribution in [1.82, 2.24) is 20.6 Å². The molecule has 12 heteroatoms. The van der Waals surface area contributed by atoms with E-state index >= 15 is 0 Å². The number of nitrogens with one attached hydrogen (secondary N) is 4. The van der Waals surface area contributed by atoms with Gasteiger partial charge in [0.05, 0.1) is 24.7 Å². The van der Waals surface area contributed by atoms with Gasteiger partial charge in [0.25, 0.3) is 5.56 Å². The van der Waals surface area contributed by atoms with Crippen molar-refractivity contribution >= 4 is 16.4 Å². The summed E-state index contributed by atoms with van der Waals surface area (Å²) in [7, 11) is -4.77. The molecule has 3 aliphatic heterocycles. The molecular weight excluding hydrogens is 387 g/mol. The maximum absolute atomic E-state index is 11.5. The van der Waals surface area contributed by atoms with Crippen molar-refractivity contribution in [2.45, 2.75) is 50.4 Å². The molecule has 5 atom stereocenters. The molecule has 0 bridgehead atoms. The summed E-state index contributed by atoms with van der Waals surface area (Å²) in [6.07, 6.45) is 0.828. The van der Waals surface area contributed by atoms with Crippen LogP contribution in [0.3, 0.4) is 0 Å². The summed E-state index contributed by atoms with van der Waals surface area (Å²) in [5, 5.41) is 6.68. The quantitative estimate of drug-likeness (QED) is 0.141. The van der Waals surface area contributed by atoms with Crippen LogP contribution in [-0.4, -0.2) is 64.2 Å². The second-order valence-electron chi connectivity index (χ2n) is 7.39. The van der Waals surface area contributed by atoms with Gasteiger partial charge in [0.1, 0.15) is 6.04 Å². The number of hydrogen-bond donors (Lipinski definition) is 4. The van der Waals surface area contributed by atoms with E-state index in [-0.39, 0.29) is 24.0 Å². The molecule has 1 aromatic rings. The molecule has 3 aliphatic rings. The van der Waals surface area contributed by atoms with Crippen molar-refractivity contribution in [1.29, 1.82) is 0 Å². The van der Waals surface area contributed by atoms with Crippen LogP contribution in [0.1, 0.15) is 25.5 Å². The van der Waals surface area contributed by atoms with Crippen LogP contribution in [0.15, 0.2) is 15.7 Å². The summed E-state index contributed by atoms with van der Waals surface area (Å²) < 4.78 is 40.3. The summed E-state index contributed by atoms with van der Waals surface area (Å²) >= 11 is 0. The first-order valence-corrected chi connectivity index (χ1v) is 10.2. The lowest BCUT2D eigenvalue weighted by molar-refractivity contribution is -0.620. The van der Waals surface area contributed by atoms with Gasteiger partial charge in [-0.2, -0.15) is 0 Å². The number of piperidine rings is 1. The predicted molar refractivity (Wildman–Crippen MR) is 92.1 cm³/mol. The van der Waals surface area contributed by atoms with E-state index in [0.29, 0.717) is 31.5 Å². The molecule has 0 aromatic carbocycles. The fourth-order valence-electron chi connectivity index (χ4n) is 4.52. The van der Waals surface area contributed by atoms with Gasteiger partial charge < -0.3 is 9.54 Å². The van der Waals surface area contributed by atoms with Crippen molar-refractivity contribution in [2.24, 2.45) is 5.92 Å². The van der Waals surface area contributed by atoms with Gasteiger partial charge in [0, 0.05) is 36.9 Å². The Labute approximate surface area is 154 Å². The highest BCUT2D eigenvalue weighted by Crippen LogP contribution is 2.33. The maximum atomic E-state index is 11.5. The van der Waals surface area contributed by atoms with Crippen LogP contribution < -0.4 is 21.9 Å². The fourth-order valence-corrected chi connectivity index (χ4v) is 5.07. The van der Waals surface area contributed by atoms with Crippen molar-refractivity contribution in [2.75, 3.05) is 6.54 Å². The summed E-state index contributed by atoms with van der Waals surface area (Å²) in [6, 6.07) is 1.30. The number of nitrogens with zero attached hydrogens (tertiary/aromatic N) is 1. The van der Waals surface area contributed by atoms with E-state index in [1.54, 1.807) is 0 Å². The lowest BCUT2D eigenvalue weighted by Crippen LogP contribution is -2.59. The zero-order chi connectivity index (χ0) is 19.3. The van der Waals surface area contributed by atoms with Crippen LogP contribution in [0.4, 0.5) is 0 Å². The molecule has 0 spiro atoms. The Morgan fingerprint density at radius 2 is 2.15 bits per heavy atom. The van der Waals surface area contributed by atoms with Crippen LogP contribution in [-0.2, 0) is 21.0 Å². The average molecular weight is 408 g/mol. The van der Waals surface area contributed by atoms with E-state index in [1.807, 2.05) is 6.92 Å². The third-order valence-corrected chi connectivity index (χ3v) is 6.09. The number of rotatable bonds is 4. The minimum absolute atomic E-state index is 0.0112. The van der Waals surface area contributed by atoms with E-state index in [1.165, 1.54) is 6.07 Å². The normalized spacial score (nSPS) is 32.6. The van der Waals surface area contributed by atoms with Crippen LogP contribution in [0.25, 0.3) is 0 Å². The minimum atomic E-state index is -4.77. The van der Waals surface area contributed by atoms with Crippen molar-refractivity contribution in [3.63, 3.8) is 0 Å². The van der Waals surface area contributed by atoms with Gasteiger partial charge in [-0.15, -0.1) is 0 Å². The average Bonchev–Trinajstić information content (AvgIpc) is 2.94. The van der Waals surface area contributed by atoms with Crippen molar-refractivity contribution in [3.05, 3.63) is 32.6 Å². The predicted octanol–water partition coefficient (Wildman–Crippen LogP) is -2.44. The first-order valence-electron chi connectivity index (χ1n) is 8.82. The smallest absolute Gasteiger partial charge is 0.346 e. The molecule has 5 unspecified atom stereocenters. The van der Waals surface area contributed by atoms with Crippen LogP contribution >= 0.6 is 0 Å². The van der Waals surface area contributed by atoms with E-state index < -0.39 is 27.8 Å². The molecule has 0 radical (unpaired) electrons. The molecular formula is C15H21N5O6S. The third-order valence-electron chi connectivity index (χ3n) is 5.61. The first kappa shape index (κ1) is 18.2. The number of H-pyrrole nitrogens is 2. The van der Waals surface area contributed by atoms with Gasteiger partial charge in [-0.05, 0) is 0 Å². The van der Waals surface area contributed by atoms with Gasteiger partial charge in [0.15, 0.2) is 0 Å². The number of guanidine groups is 1. The Morgan fingerprint density at radius 3 is 2.85 bits per heavy atom. The Kier molecular flexibility index (Phi) is 4.35. The molecule has 4 heterocycles. The van der Waals surface area contributed by atoms with Crippen molar-refractivity contribution in [3.8, 4) is 0 Å². The SMILES string of the molecule is CC1C2CNC3=[N+]2[13CH](C[13CH](C[13c]2c[13c](=[18O])[nH]c(=O)[nH]2)N3)C[13CH]1[18O]S(=O)(=O)[O-]. The highest BCUT2D eigenvalue weighted by molar-refractivity contribution is 7.80. The Morgan fingerprint density at radius 1 is 1.37 bits per heavy atom. The topological polar surface area (TPSA) is 159 Å². The molecule has 0 amide bonds. The molecule has 1 fully saturated rings. The fraction of sp³-hybridized carbons (Fsp3) is 0.667. The lowest BCUT2D eigenvalue weighted by atomic mass is 10.0. The van der Waals surface area contributed by atoms with Gasteiger partial charge >= 0.3 is 11.6 Å². The number of aromatic nitrogens is 2. The first-order chi connectivity index (χ1) is 12.7. The maximum Gasteiger partial charge on any atom is 0.346 e. The second-order valence-corrected chi connectivity index (χ2v) is 8.40. The van der Waals surface area contributed by atoms with E-state index in [9.17, 15) is 22.6 Å². The monoisotopic (exact) mass is 408 g/mol. The molecule has 27 heavy (non-hydrogen) atoms. The summed E-state index contributed by atoms with van der Waals surface area (Å²) in [5.41, 5.74) is -0.496. The minimum Gasteiger partial charge on any atom is -0.726 e. The van der Waals surface area contributed by atoms with E-state index in [0.717, 1.165) is 5.96 Å². The van der Waals surface area contributed by atoms with Crippen molar-refractivity contribution < 1.29 is 21.7 Å². The molecule has 0 saturated carbocycles. The van der Waals surface area contributed by atoms with Crippen LogP contribution in [0.2, 0.25) is 0 Å². The largest absolute Gasteiger partial charge is 0.726 e. The summed E-state index contributed by atoms with van der Waals surface area (Å²) in [4.78, 5) is 27.7. The van der Waals surface area contributed by atoms with Gasteiger partial charge in [-0.3, -0.25) is 29.2 Å².